The van der Waals surface area contributed by atoms with Crippen molar-refractivity contribution in [3.05, 3.63) is 26.6 Å². The summed E-state index contributed by atoms with van der Waals surface area (Å²) in [6, 6.07) is 4.49. The number of anilines is 1. The van der Waals surface area contributed by atoms with Gasteiger partial charge in [0.05, 0.1) is 12.3 Å². The Hall–Kier alpha value is -0.260. The van der Waals surface area contributed by atoms with E-state index in [0.717, 1.165) is 26.7 Å². The van der Waals surface area contributed by atoms with Crippen LogP contribution in [-0.4, -0.2) is 75.7 Å². The summed E-state index contributed by atoms with van der Waals surface area (Å²) in [6.07, 6.45) is 0.461. The Balaban J connectivity index is 1.78. The molecule has 5 atom stereocenters. The maximum absolute atomic E-state index is 10.4. The Morgan fingerprint density at radius 2 is 1.86 bits per heavy atom. The van der Waals surface area contributed by atoms with Crippen LogP contribution in [0.1, 0.15) is 37.7 Å². The molecular formula is C20H30Br2N2O5. The Morgan fingerprint density at radius 3 is 2.52 bits per heavy atom. The fraction of sp³-hybridized carbons (Fsp3) is 0.700. The first-order valence-electron chi connectivity index (χ1n) is 10.1. The molecule has 1 aromatic rings. The summed E-state index contributed by atoms with van der Waals surface area (Å²) in [5.74, 6) is 0. The molecule has 3 rings (SSSR count). The van der Waals surface area contributed by atoms with E-state index in [2.05, 4.69) is 49.1 Å². The van der Waals surface area contributed by atoms with Crippen LogP contribution in [0.4, 0.5) is 5.69 Å². The van der Waals surface area contributed by atoms with E-state index in [0.29, 0.717) is 6.04 Å². The fourth-order valence-corrected chi connectivity index (χ4v) is 5.65. The van der Waals surface area contributed by atoms with Gasteiger partial charge in [0.1, 0.15) is 24.4 Å². The van der Waals surface area contributed by atoms with Crippen LogP contribution in [0.3, 0.4) is 0 Å². The third-order valence-corrected chi connectivity index (χ3v) is 6.99. The lowest BCUT2D eigenvalue weighted by Crippen LogP contribution is -2.40. The number of aliphatic hydroxyl groups excluding tert-OH is 4. The fourth-order valence-electron chi connectivity index (χ4n) is 4.22. The lowest BCUT2D eigenvalue weighted by Gasteiger charge is -2.32. The topological polar surface area (TPSA) is 105 Å². The van der Waals surface area contributed by atoms with Gasteiger partial charge in [-0.1, -0.05) is 35.2 Å². The quantitative estimate of drug-likeness (QED) is 0.363. The molecule has 1 unspecified atom stereocenters. The van der Waals surface area contributed by atoms with Gasteiger partial charge in [-0.05, 0) is 53.5 Å². The Kier molecular flexibility index (Phi) is 8.37. The van der Waals surface area contributed by atoms with Gasteiger partial charge in [0, 0.05) is 21.5 Å². The highest BCUT2D eigenvalue weighted by Gasteiger charge is 2.46. The van der Waals surface area contributed by atoms with Crippen molar-refractivity contribution in [3.8, 4) is 0 Å². The van der Waals surface area contributed by atoms with Gasteiger partial charge in [0.15, 0.2) is 6.23 Å². The summed E-state index contributed by atoms with van der Waals surface area (Å²) in [4.78, 5) is 2.36. The molecule has 0 amide bonds. The van der Waals surface area contributed by atoms with Gasteiger partial charge in [-0.3, -0.25) is 4.90 Å². The van der Waals surface area contributed by atoms with Crippen molar-refractivity contribution in [3.63, 3.8) is 0 Å². The number of rotatable bonds is 7. The highest BCUT2D eigenvalue weighted by Crippen LogP contribution is 2.35. The smallest absolute Gasteiger partial charge is 0.157 e. The molecule has 1 heterocycles. The molecule has 5 N–H and O–H groups in total. The van der Waals surface area contributed by atoms with Crippen LogP contribution in [0.2, 0.25) is 0 Å². The van der Waals surface area contributed by atoms with Crippen LogP contribution >= 0.6 is 31.9 Å². The molecular weight excluding hydrogens is 508 g/mol. The number of hydrogen-bond donors (Lipinski definition) is 5. The predicted octanol–water partition coefficient (Wildman–Crippen LogP) is 2.19. The lowest BCUT2D eigenvalue weighted by molar-refractivity contribution is -0.0774. The monoisotopic (exact) mass is 536 g/mol. The van der Waals surface area contributed by atoms with E-state index in [1.807, 2.05) is 12.1 Å². The third-order valence-electron chi connectivity index (χ3n) is 5.91. The van der Waals surface area contributed by atoms with Crippen LogP contribution in [0.5, 0.6) is 0 Å². The summed E-state index contributed by atoms with van der Waals surface area (Å²) < 4.78 is 7.37. The van der Waals surface area contributed by atoms with Crippen molar-refractivity contribution in [2.45, 2.75) is 75.3 Å². The van der Waals surface area contributed by atoms with Gasteiger partial charge in [-0.2, -0.15) is 0 Å². The number of nitrogens with one attached hydrogen (secondary N) is 1. The van der Waals surface area contributed by atoms with E-state index in [1.165, 1.54) is 32.1 Å². The van der Waals surface area contributed by atoms with Gasteiger partial charge in [-0.25, -0.2) is 0 Å². The van der Waals surface area contributed by atoms with Gasteiger partial charge >= 0.3 is 0 Å². The molecule has 0 bridgehead atoms. The van der Waals surface area contributed by atoms with E-state index < -0.39 is 37.3 Å². The minimum Gasteiger partial charge on any atom is -0.394 e. The lowest BCUT2D eigenvalue weighted by atomic mass is 9.94. The summed E-state index contributed by atoms with van der Waals surface area (Å²) in [5.41, 5.74) is 1.79. The second-order valence-electron chi connectivity index (χ2n) is 8.03. The summed E-state index contributed by atoms with van der Waals surface area (Å²) in [6.45, 7) is 0.166. The van der Waals surface area contributed by atoms with E-state index in [9.17, 15) is 15.3 Å². The van der Waals surface area contributed by atoms with Crippen LogP contribution in [0.15, 0.2) is 21.1 Å². The molecule has 164 valence electrons. The molecule has 7 nitrogen and oxygen atoms in total. The molecule has 0 radical (unpaired) electrons. The first-order valence-corrected chi connectivity index (χ1v) is 11.7. The number of aliphatic hydroxyl groups is 4. The number of halogens is 2. The van der Waals surface area contributed by atoms with Crippen molar-refractivity contribution < 1.29 is 25.2 Å². The van der Waals surface area contributed by atoms with E-state index >= 15 is 0 Å². The predicted molar refractivity (Wildman–Crippen MR) is 118 cm³/mol. The zero-order valence-corrected chi connectivity index (χ0v) is 19.6. The van der Waals surface area contributed by atoms with Gasteiger partial charge in [0.25, 0.3) is 0 Å². The standard InChI is InChI=1S/C20H30Br2N2O5/c1-24(13-5-3-2-4-6-13)9-11-7-12(21)8-14(22)16(11)23-20-18(28)17(27)19(29-20)15(26)10-25/h7-8,13,15,17-20,23,25-28H,2-6,9-10H2,1H3/t15-,17-,18-,19-,20?/m1/s1. The van der Waals surface area contributed by atoms with Crippen LogP contribution in [0.25, 0.3) is 0 Å². The molecule has 1 aromatic carbocycles. The zero-order valence-electron chi connectivity index (χ0n) is 16.5. The molecule has 0 spiro atoms. The van der Waals surface area contributed by atoms with E-state index in [1.54, 1.807) is 0 Å². The van der Waals surface area contributed by atoms with Crippen LogP contribution in [-0.2, 0) is 11.3 Å². The molecule has 29 heavy (non-hydrogen) atoms. The first kappa shape index (κ1) is 23.4. The van der Waals surface area contributed by atoms with E-state index in [4.69, 9.17) is 9.84 Å². The van der Waals surface area contributed by atoms with Crippen molar-refractivity contribution in [2.24, 2.45) is 0 Å². The second kappa shape index (κ2) is 10.4. The second-order valence-corrected chi connectivity index (χ2v) is 9.80. The number of hydrogen-bond acceptors (Lipinski definition) is 7. The average molecular weight is 538 g/mol. The Bertz CT molecular complexity index is 689. The maximum Gasteiger partial charge on any atom is 0.157 e. The SMILES string of the molecule is CN(Cc1cc(Br)cc(Br)c1NC1O[C@H]([C@H](O)CO)[C@H](O)[C@H]1O)C1CCCCC1. The minimum atomic E-state index is -1.29. The largest absolute Gasteiger partial charge is 0.394 e. The van der Waals surface area contributed by atoms with Gasteiger partial charge < -0.3 is 30.5 Å². The summed E-state index contributed by atoms with van der Waals surface area (Å²) in [7, 11) is 2.13. The van der Waals surface area contributed by atoms with Crippen molar-refractivity contribution in [1.82, 2.24) is 4.90 Å². The van der Waals surface area contributed by atoms with Gasteiger partial charge in [0.2, 0.25) is 0 Å². The maximum atomic E-state index is 10.4. The van der Waals surface area contributed by atoms with Crippen LogP contribution < -0.4 is 5.32 Å². The molecule has 9 heteroatoms. The summed E-state index contributed by atoms with van der Waals surface area (Å²) >= 11 is 7.13. The molecule has 2 aliphatic rings. The molecule has 2 fully saturated rings. The van der Waals surface area contributed by atoms with Gasteiger partial charge in [-0.15, -0.1) is 0 Å². The van der Waals surface area contributed by atoms with Crippen molar-refractivity contribution in [2.75, 3.05) is 19.0 Å². The molecule has 1 aliphatic carbocycles. The highest BCUT2D eigenvalue weighted by atomic mass is 79.9. The number of ether oxygens (including phenoxy) is 1. The molecule has 1 saturated carbocycles. The summed E-state index contributed by atoms with van der Waals surface area (Å²) in [5, 5.41) is 42.8. The normalized spacial score (nSPS) is 29.4. The first-order chi connectivity index (χ1) is 13.8. The Labute approximate surface area is 188 Å². The Morgan fingerprint density at radius 1 is 1.17 bits per heavy atom. The highest BCUT2D eigenvalue weighted by molar-refractivity contribution is 9.11. The number of nitrogens with zero attached hydrogens (tertiary/aromatic N) is 1. The minimum absolute atomic E-state index is 0.550. The number of benzene rings is 1. The zero-order chi connectivity index (χ0) is 21.1. The average Bonchev–Trinajstić information content (AvgIpc) is 2.99. The van der Waals surface area contributed by atoms with Crippen molar-refractivity contribution in [1.29, 1.82) is 0 Å². The van der Waals surface area contributed by atoms with E-state index in [-0.39, 0.29) is 0 Å². The third kappa shape index (κ3) is 5.51. The molecule has 0 aromatic heterocycles. The van der Waals surface area contributed by atoms with Crippen LogP contribution in [0, 0.1) is 0 Å². The molecule has 1 saturated heterocycles. The molecule has 1 aliphatic heterocycles. The van der Waals surface area contributed by atoms with Crippen molar-refractivity contribution >= 4 is 37.5 Å².